The summed E-state index contributed by atoms with van der Waals surface area (Å²) in [6.07, 6.45) is 8.94. The van der Waals surface area contributed by atoms with Crippen molar-refractivity contribution in [2.45, 2.75) is 6.42 Å². The van der Waals surface area contributed by atoms with Crippen LogP contribution >= 0.6 is 0 Å². The predicted octanol–water partition coefficient (Wildman–Crippen LogP) is 0.499. The molecule has 8 heteroatoms. The van der Waals surface area contributed by atoms with E-state index in [9.17, 15) is 9.59 Å². The third-order valence-corrected chi connectivity index (χ3v) is 1.26. The van der Waals surface area contributed by atoms with Crippen LogP contribution in [-0.4, -0.2) is 42.1 Å². The Hall–Kier alpha value is -2.90. The lowest BCUT2D eigenvalue weighted by molar-refractivity contribution is -0.147. The maximum Gasteiger partial charge on any atom is 0.314 e. The molecule has 8 nitrogen and oxygen atoms in total. The molecule has 2 N–H and O–H groups in total. The Balaban J connectivity index is 0.000000256. The summed E-state index contributed by atoms with van der Waals surface area (Å²) in [5.41, 5.74) is 0. The van der Waals surface area contributed by atoms with E-state index >= 15 is 0 Å². The monoisotopic (exact) mass is 264 g/mol. The van der Waals surface area contributed by atoms with Gasteiger partial charge in [0.05, 0.1) is 0 Å². The normalized spacial score (nSPS) is 8.00. The quantitative estimate of drug-likeness (QED) is 0.751. The van der Waals surface area contributed by atoms with Crippen molar-refractivity contribution in [2.24, 2.45) is 0 Å². The molecule has 0 bridgehead atoms. The zero-order chi connectivity index (χ0) is 14.3. The highest BCUT2D eigenvalue weighted by molar-refractivity contribution is 5.88. The van der Waals surface area contributed by atoms with Gasteiger partial charge in [-0.15, -0.1) is 0 Å². The second-order valence-electron chi connectivity index (χ2n) is 2.77. The Morgan fingerprint density at radius 1 is 0.737 bits per heavy atom. The van der Waals surface area contributed by atoms with Crippen molar-refractivity contribution in [3.8, 4) is 0 Å². The molecule has 100 valence electrons. The molecule has 0 fully saturated rings. The standard InChI is InChI=1S/2C4H4N2.C3H4O4/c2*1-2-5-4-6-3-1;4-2(5)1-3(6)7/h2*1-4H;1H2,(H,4,5)(H,6,7). The fourth-order valence-corrected chi connectivity index (χ4v) is 0.636. The number of carboxylic acids is 2. The Kier molecular flexibility index (Phi) is 9.81. The Bertz CT molecular complexity index is 356. The molecule has 2 heterocycles. The molecule has 2 aromatic rings. The minimum absolute atomic E-state index is 0.806. The first kappa shape index (κ1) is 16.1. The van der Waals surface area contributed by atoms with Crippen LogP contribution in [0, 0.1) is 0 Å². The number of rotatable bonds is 2. The average Bonchev–Trinajstić information content (AvgIpc) is 2.42. The highest BCUT2D eigenvalue weighted by atomic mass is 16.4. The summed E-state index contributed by atoms with van der Waals surface area (Å²) in [5.74, 6) is -2.62. The van der Waals surface area contributed by atoms with Crippen molar-refractivity contribution in [2.75, 3.05) is 0 Å². The zero-order valence-electron chi connectivity index (χ0n) is 9.83. The summed E-state index contributed by atoms with van der Waals surface area (Å²) < 4.78 is 0. The summed E-state index contributed by atoms with van der Waals surface area (Å²) in [6, 6.07) is 3.56. The summed E-state index contributed by atoms with van der Waals surface area (Å²) >= 11 is 0. The highest BCUT2D eigenvalue weighted by Gasteiger charge is 2.01. The van der Waals surface area contributed by atoms with Gasteiger partial charge in [-0.25, -0.2) is 19.9 Å². The molecule has 0 aromatic carbocycles. The average molecular weight is 264 g/mol. The van der Waals surface area contributed by atoms with Crippen molar-refractivity contribution < 1.29 is 19.8 Å². The molecular weight excluding hydrogens is 252 g/mol. The maximum atomic E-state index is 9.43. The molecule has 0 amide bonds. The molecule has 0 aliphatic heterocycles. The summed E-state index contributed by atoms with van der Waals surface area (Å²) in [6.45, 7) is 0. The van der Waals surface area contributed by atoms with E-state index in [0.29, 0.717) is 0 Å². The van der Waals surface area contributed by atoms with E-state index in [4.69, 9.17) is 10.2 Å². The van der Waals surface area contributed by atoms with Gasteiger partial charge in [-0.3, -0.25) is 9.59 Å². The van der Waals surface area contributed by atoms with E-state index in [1.54, 1.807) is 36.9 Å². The predicted molar refractivity (Wildman–Crippen MR) is 64.0 cm³/mol. The summed E-state index contributed by atoms with van der Waals surface area (Å²) in [4.78, 5) is 33.6. The SMILES string of the molecule is O=C(O)CC(=O)O.c1cncnc1.c1cncnc1. The maximum absolute atomic E-state index is 9.43. The lowest BCUT2D eigenvalue weighted by atomic mass is 10.5. The summed E-state index contributed by atoms with van der Waals surface area (Å²) in [5, 5.41) is 15.4. The topological polar surface area (TPSA) is 126 Å². The van der Waals surface area contributed by atoms with E-state index in [2.05, 4.69) is 19.9 Å². The van der Waals surface area contributed by atoms with Crippen LogP contribution in [0.1, 0.15) is 6.42 Å². The molecule has 2 rings (SSSR count). The van der Waals surface area contributed by atoms with Crippen molar-refractivity contribution >= 4 is 11.9 Å². The van der Waals surface area contributed by atoms with Gasteiger partial charge in [0.25, 0.3) is 0 Å². The van der Waals surface area contributed by atoms with Crippen LogP contribution in [0.25, 0.3) is 0 Å². The lowest BCUT2D eigenvalue weighted by Gasteiger charge is -1.80. The van der Waals surface area contributed by atoms with E-state index in [-0.39, 0.29) is 0 Å². The van der Waals surface area contributed by atoms with Gasteiger partial charge in [0.1, 0.15) is 19.1 Å². The highest BCUT2D eigenvalue weighted by Crippen LogP contribution is 1.74. The molecule has 0 spiro atoms. The van der Waals surface area contributed by atoms with Crippen LogP contribution in [0.4, 0.5) is 0 Å². The molecule has 0 atom stereocenters. The van der Waals surface area contributed by atoms with Crippen molar-refractivity contribution in [1.29, 1.82) is 0 Å². The first-order valence-electron chi connectivity index (χ1n) is 4.96. The van der Waals surface area contributed by atoms with E-state index in [0.717, 1.165) is 0 Å². The Morgan fingerprint density at radius 2 is 1.05 bits per heavy atom. The molecular formula is C11H12N4O4. The number of hydrogen-bond donors (Lipinski definition) is 2. The van der Waals surface area contributed by atoms with Gasteiger partial charge in [-0.1, -0.05) is 0 Å². The molecule has 0 saturated heterocycles. The van der Waals surface area contributed by atoms with Crippen molar-refractivity contribution in [1.82, 2.24) is 19.9 Å². The van der Waals surface area contributed by atoms with Gasteiger partial charge in [-0.05, 0) is 12.1 Å². The van der Waals surface area contributed by atoms with Crippen LogP contribution in [-0.2, 0) is 9.59 Å². The molecule has 0 radical (unpaired) electrons. The van der Waals surface area contributed by atoms with E-state index in [1.807, 2.05) is 0 Å². The van der Waals surface area contributed by atoms with E-state index < -0.39 is 18.4 Å². The van der Waals surface area contributed by atoms with Gasteiger partial charge < -0.3 is 10.2 Å². The van der Waals surface area contributed by atoms with Crippen LogP contribution in [0.3, 0.4) is 0 Å². The molecule has 0 saturated carbocycles. The van der Waals surface area contributed by atoms with Crippen LogP contribution < -0.4 is 0 Å². The second kappa shape index (κ2) is 11.6. The van der Waals surface area contributed by atoms with Gasteiger partial charge in [0, 0.05) is 24.8 Å². The molecule has 0 aliphatic carbocycles. The number of aliphatic carboxylic acids is 2. The van der Waals surface area contributed by atoms with Gasteiger partial charge >= 0.3 is 11.9 Å². The fraction of sp³-hybridized carbons (Fsp3) is 0.0909. The fourth-order valence-electron chi connectivity index (χ4n) is 0.636. The molecule has 2 aromatic heterocycles. The number of nitrogens with zero attached hydrogens (tertiary/aromatic N) is 4. The van der Waals surface area contributed by atoms with Crippen LogP contribution in [0.2, 0.25) is 0 Å². The smallest absolute Gasteiger partial charge is 0.314 e. The minimum Gasteiger partial charge on any atom is -0.481 e. The van der Waals surface area contributed by atoms with E-state index in [1.165, 1.54) is 12.7 Å². The number of carbonyl (C=O) groups is 2. The molecule has 19 heavy (non-hydrogen) atoms. The lowest BCUT2D eigenvalue weighted by Crippen LogP contribution is -2.03. The number of aromatic nitrogens is 4. The molecule has 0 aliphatic rings. The van der Waals surface area contributed by atoms with Crippen LogP contribution in [0.5, 0.6) is 0 Å². The number of hydrogen-bond acceptors (Lipinski definition) is 6. The first-order chi connectivity index (χ1) is 9.13. The Labute approximate surface area is 108 Å². The summed E-state index contributed by atoms with van der Waals surface area (Å²) in [7, 11) is 0. The molecule has 0 unspecified atom stereocenters. The van der Waals surface area contributed by atoms with Crippen molar-refractivity contribution in [3.63, 3.8) is 0 Å². The largest absolute Gasteiger partial charge is 0.481 e. The zero-order valence-corrected chi connectivity index (χ0v) is 9.83. The van der Waals surface area contributed by atoms with Gasteiger partial charge in [0.2, 0.25) is 0 Å². The van der Waals surface area contributed by atoms with Gasteiger partial charge in [-0.2, -0.15) is 0 Å². The third-order valence-electron chi connectivity index (χ3n) is 1.26. The first-order valence-corrected chi connectivity index (χ1v) is 4.96. The third kappa shape index (κ3) is 15.1. The van der Waals surface area contributed by atoms with Crippen LogP contribution in [0.15, 0.2) is 49.6 Å². The van der Waals surface area contributed by atoms with Gasteiger partial charge in [0.15, 0.2) is 0 Å². The minimum atomic E-state index is -1.31. The Morgan fingerprint density at radius 3 is 1.11 bits per heavy atom. The number of carboxylic acid groups (broad SMARTS) is 2. The van der Waals surface area contributed by atoms with Crippen molar-refractivity contribution in [3.05, 3.63) is 49.6 Å². The second-order valence-corrected chi connectivity index (χ2v) is 2.77.